The van der Waals surface area contributed by atoms with E-state index in [-0.39, 0.29) is 6.04 Å². The molecule has 0 saturated heterocycles. The molecule has 1 rings (SSSR count). The summed E-state index contributed by atoms with van der Waals surface area (Å²) in [7, 11) is 0. The molecule has 1 unspecified atom stereocenters. The highest BCUT2D eigenvalue weighted by molar-refractivity contribution is 5.34. The van der Waals surface area contributed by atoms with Gasteiger partial charge in [0.05, 0.1) is 30.2 Å². The Morgan fingerprint density at radius 1 is 1.29 bits per heavy atom. The third-order valence-corrected chi connectivity index (χ3v) is 2.83. The van der Waals surface area contributed by atoms with Crippen LogP contribution in [0.5, 0.6) is 0 Å². The van der Waals surface area contributed by atoms with Crippen LogP contribution >= 0.6 is 0 Å². The van der Waals surface area contributed by atoms with Crippen molar-refractivity contribution in [3.05, 3.63) is 17.6 Å². The summed E-state index contributed by atoms with van der Waals surface area (Å²) < 4.78 is 5.47. The van der Waals surface area contributed by atoms with Gasteiger partial charge in [0.25, 0.3) is 0 Å². The van der Waals surface area contributed by atoms with Gasteiger partial charge in [0.15, 0.2) is 0 Å². The van der Waals surface area contributed by atoms with Crippen LogP contribution in [0, 0.1) is 19.8 Å². The van der Waals surface area contributed by atoms with Crippen molar-refractivity contribution < 1.29 is 4.74 Å². The molecule has 4 nitrogen and oxygen atoms in total. The Balaban J connectivity index is 2.68. The second-order valence-electron chi connectivity index (χ2n) is 4.58. The lowest BCUT2D eigenvalue weighted by molar-refractivity contribution is 0.126. The molecule has 0 aliphatic carbocycles. The molecule has 0 radical (unpaired) electrons. The smallest absolute Gasteiger partial charge is 0.145 e. The van der Waals surface area contributed by atoms with Crippen LogP contribution in [0.1, 0.15) is 32.2 Å². The first kappa shape index (κ1) is 13.9. The van der Waals surface area contributed by atoms with Gasteiger partial charge in [0, 0.05) is 6.61 Å². The van der Waals surface area contributed by atoms with E-state index in [2.05, 4.69) is 29.1 Å². The largest absolute Gasteiger partial charge is 0.380 e. The standard InChI is InChI=1S/C13H23N3O/c1-6-17-8-12(9(2)3)16-13-7-14-10(4)11(5)15-13/h7,9,12H,6,8H2,1-5H3,(H,15,16). The van der Waals surface area contributed by atoms with Crippen LogP contribution in [0.4, 0.5) is 5.82 Å². The first-order valence-corrected chi connectivity index (χ1v) is 6.19. The van der Waals surface area contributed by atoms with Gasteiger partial charge >= 0.3 is 0 Å². The topological polar surface area (TPSA) is 47.0 Å². The molecule has 0 fully saturated rings. The van der Waals surface area contributed by atoms with Crippen LogP contribution in [0.15, 0.2) is 6.20 Å². The van der Waals surface area contributed by atoms with Crippen molar-refractivity contribution in [3.8, 4) is 0 Å². The second kappa shape index (κ2) is 6.55. The zero-order chi connectivity index (χ0) is 12.8. The summed E-state index contributed by atoms with van der Waals surface area (Å²) in [5, 5.41) is 3.38. The van der Waals surface area contributed by atoms with E-state index in [1.807, 2.05) is 20.8 Å². The van der Waals surface area contributed by atoms with Gasteiger partial charge < -0.3 is 10.1 Å². The molecule has 0 amide bonds. The maximum atomic E-state index is 5.47. The summed E-state index contributed by atoms with van der Waals surface area (Å²) in [6.07, 6.45) is 1.78. The summed E-state index contributed by atoms with van der Waals surface area (Å²) in [6.45, 7) is 11.7. The summed E-state index contributed by atoms with van der Waals surface area (Å²) in [4.78, 5) is 8.78. The average molecular weight is 237 g/mol. The van der Waals surface area contributed by atoms with Crippen molar-refractivity contribution in [2.45, 2.75) is 40.7 Å². The average Bonchev–Trinajstić information content (AvgIpc) is 2.28. The highest BCUT2D eigenvalue weighted by Gasteiger charge is 2.14. The Bertz CT molecular complexity index is 353. The fourth-order valence-electron chi connectivity index (χ4n) is 1.45. The van der Waals surface area contributed by atoms with Crippen LogP contribution in [-0.4, -0.2) is 29.2 Å². The molecule has 1 aromatic rings. The number of hydrogen-bond donors (Lipinski definition) is 1. The van der Waals surface area contributed by atoms with Crippen molar-refractivity contribution in [1.29, 1.82) is 0 Å². The lowest BCUT2D eigenvalue weighted by Crippen LogP contribution is -2.31. The molecule has 1 atom stereocenters. The third kappa shape index (κ3) is 4.30. The Morgan fingerprint density at radius 3 is 2.53 bits per heavy atom. The fourth-order valence-corrected chi connectivity index (χ4v) is 1.45. The summed E-state index contributed by atoms with van der Waals surface area (Å²) in [5.74, 6) is 1.32. The quantitative estimate of drug-likeness (QED) is 0.826. The second-order valence-corrected chi connectivity index (χ2v) is 4.58. The van der Waals surface area contributed by atoms with E-state index < -0.39 is 0 Å². The predicted molar refractivity (Wildman–Crippen MR) is 70.2 cm³/mol. The van der Waals surface area contributed by atoms with Crippen molar-refractivity contribution in [1.82, 2.24) is 9.97 Å². The molecule has 96 valence electrons. The van der Waals surface area contributed by atoms with E-state index >= 15 is 0 Å². The summed E-state index contributed by atoms with van der Waals surface area (Å²) in [5.41, 5.74) is 1.94. The van der Waals surface area contributed by atoms with E-state index in [0.29, 0.717) is 12.5 Å². The maximum absolute atomic E-state index is 5.47. The Hall–Kier alpha value is -1.16. The van der Waals surface area contributed by atoms with E-state index in [0.717, 1.165) is 23.8 Å². The number of nitrogens with zero attached hydrogens (tertiary/aromatic N) is 2. The van der Waals surface area contributed by atoms with Gasteiger partial charge in [-0.1, -0.05) is 13.8 Å². The Kier molecular flexibility index (Phi) is 5.35. The number of rotatable bonds is 6. The number of nitrogens with one attached hydrogen (secondary N) is 1. The number of hydrogen-bond acceptors (Lipinski definition) is 4. The highest BCUT2D eigenvalue weighted by Crippen LogP contribution is 2.11. The van der Waals surface area contributed by atoms with Gasteiger partial charge in [-0.25, -0.2) is 4.98 Å². The molecule has 0 aliphatic rings. The number of ether oxygens (including phenoxy) is 1. The zero-order valence-electron chi connectivity index (χ0n) is 11.4. The SMILES string of the molecule is CCOCC(Nc1cnc(C)c(C)n1)C(C)C. The first-order chi connectivity index (χ1) is 8.04. The van der Waals surface area contributed by atoms with Crippen molar-refractivity contribution in [2.75, 3.05) is 18.5 Å². The highest BCUT2D eigenvalue weighted by atomic mass is 16.5. The zero-order valence-corrected chi connectivity index (χ0v) is 11.4. The van der Waals surface area contributed by atoms with Crippen LogP contribution in [0.2, 0.25) is 0 Å². The minimum Gasteiger partial charge on any atom is -0.380 e. The van der Waals surface area contributed by atoms with Crippen LogP contribution in [0.25, 0.3) is 0 Å². The molecular formula is C13H23N3O. The van der Waals surface area contributed by atoms with E-state index in [1.54, 1.807) is 6.20 Å². The van der Waals surface area contributed by atoms with Crippen molar-refractivity contribution in [3.63, 3.8) is 0 Å². The molecule has 0 aromatic carbocycles. The molecule has 0 aliphatic heterocycles. The monoisotopic (exact) mass is 237 g/mol. The number of aryl methyl sites for hydroxylation is 2. The van der Waals surface area contributed by atoms with Gasteiger partial charge in [-0.15, -0.1) is 0 Å². The minimum absolute atomic E-state index is 0.270. The van der Waals surface area contributed by atoms with Crippen molar-refractivity contribution >= 4 is 5.82 Å². The van der Waals surface area contributed by atoms with Gasteiger partial charge in [-0.05, 0) is 26.7 Å². The molecular weight excluding hydrogens is 214 g/mol. The van der Waals surface area contributed by atoms with Crippen molar-refractivity contribution in [2.24, 2.45) is 5.92 Å². The van der Waals surface area contributed by atoms with Gasteiger partial charge in [-0.3, -0.25) is 4.98 Å². The Morgan fingerprint density at radius 2 is 2.00 bits per heavy atom. The normalized spacial score (nSPS) is 12.8. The number of anilines is 1. The predicted octanol–water partition coefficient (Wildman–Crippen LogP) is 2.57. The van der Waals surface area contributed by atoms with Crippen LogP contribution in [0.3, 0.4) is 0 Å². The lowest BCUT2D eigenvalue weighted by Gasteiger charge is -2.22. The Labute approximate surface area is 104 Å². The maximum Gasteiger partial charge on any atom is 0.145 e. The molecule has 17 heavy (non-hydrogen) atoms. The van der Waals surface area contributed by atoms with Gasteiger partial charge in [0.1, 0.15) is 5.82 Å². The molecule has 0 spiro atoms. The molecule has 1 heterocycles. The van der Waals surface area contributed by atoms with Crippen LogP contribution < -0.4 is 5.32 Å². The first-order valence-electron chi connectivity index (χ1n) is 6.19. The van der Waals surface area contributed by atoms with E-state index in [4.69, 9.17) is 4.74 Å². The summed E-state index contributed by atoms with van der Waals surface area (Å²) >= 11 is 0. The van der Waals surface area contributed by atoms with E-state index in [9.17, 15) is 0 Å². The molecule has 4 heteroatoms. The van der Waals surface area contributed by atoms with E-state index in [1.165, 1.54) is 0 Å². The minimum atomic E-state index is 0.270. The lowest BCUT2D eigenvalue weighted by atomic mass is 10.1. The molecule has 1 aromatic heterocycles. The fraction of sp³-hybridized carbons (Fsp3) is 0.692. The molecule has 0 saturated carbocycles. The van der Waals surface area contributed by atoms with Crippen LogP contribution in [-0.2, 0) is 4.74 Å². The van der Waals surface area contributed by atoms with Gasteiger partial charge in [0.2, 0.25) is 0 Å². The van der Waals surface area contributed by atoms with Gasteiger partial charge in [-0.2, -0.15) is 0 Å². The summed E-state index contributed by atoms with van der Waals surface area (Å²) in [6, 6.07) is 0.270. The third-order valence-electron chi connectivity index (χ3n) is 2.83. The molecule has 0 bridgehead atoms. The molecule has 1 N–H and O–H groups in total. The number of aromatic nitrogens is 2.